The normalized spacial score (nSPS) is 13.3. The summed E-state index contributed by atoms with van der Waals surface area (Å²) in [6.45, 7) is 3.62. The second-order valence-corrected chi connectivity index (χ2v) is 9.69. The van der Waals surface area contributed by atoms with E-state index in [1.54, 1.807) is 19.9 Å². The van der Waals surface area contributed by atoms with Crippen LogP contribution in [0.4, 0.5) is 0 Å². The molecule has 0 aliphatic rings. The van der Waals surface area contributed by atoms with Gasteiger partial charge in [0, 0.05) is 12.5 Å². The summed E-state index contributed by atoms with van der Waals surface area (Å²) in [5, 5.41) is 11.1. The summed E-state index contributed by atoms with van der Waals surface area (Å²) < 4.78 is 31.3. The first kappa shape index (κ1) is 21.9. The summed E-state index contributed by atoms with van der Waals surface area (Å²) in [5.41, 5.74) is 6.23. The van der Waals surface area contributed by atoms with Gasteiger partial charge in [-0.05, 0) is 31.5 Å². The lowest BCUT2D eigenvalue weighted by molar-refractivity contribution is -0.126. The molecule has 2 heterocycles. The van der Waals surface area contributed by atoms with Crippen LogP contribution < -0.4 is 11.1 Å². The molecule has 0 fully saturated rings. The predicted octanol–water partition coefficient (Wildman–Crippen LogP) is 1.24. The summed E-state index contributed by atoms with van der Waals surface area (Å²) in [5.74, 6) is -0.0482. The Hall–Kier alpha value is -2.82. The van der Waals surface area contributed by atoms with Crippen LogP contribution in [0.15, 0.2) is 53.6 Å². The van der Waals surface area contributed by atoms with Crippen molar-refractivity contribution < 1.29 is 17.9 Å². The number of carbonyl (C=O) groups is 1. The number of ether oxygens (including phenoxy) is 1. The Labute approximate surface area is 175 Å². The number of pyridine rings is 1. The molecular formula is C20H25N5O4S. The molecule has 0 radical (unpaired) electrons. The zero-order valence-electron chi connectivity index (χ0n) is 17.1. The molecule has 0 saturated carbocycles. The minimum Gasteiger partial charge on any atom is -0.374 e. The molecule has 0 aliphatic heterocycles. The number of rotatable bonds is 8. The summed E-state index contributed by atoms with van der Waals surface area (Å²) in [7, 11) is -3.43. The smallest absolute Gasteiger partial charge is 0.240 e. The van der Waals surface area contributed by atoms with E-state index < -0.39 is 27.3 Å². The molecule has 160 valence electrons. The van der Waals surface area contributed by atoms with E-state index in [1.807, 2.05) is 30.3 Å². The summed E-state index contributed by atoms with van der Waals surface area (Å²) in [4.78, 5) is 12.6. The second kappa shape index (κ2) is 8.50. The summed E-state index contributed by atoms with van der Waals surface area (Å²) >= 11 is 0. The first-order valence-corrected chi connectivity index (χ1v) is 11.2. The molecule has 0 aliphatic carbocycles. The fourth-order valence-electron chi connectivity index (χ4n) is 2.74. The van der Waals surface area contributed by atoms with E-state index in [4.69, 9.17) is 10.5 Å². The number of sulfone groups is 1. The van der Waals surface area contributed by atoms with Crippen molar-refractivity contribution in [3.63, 3.8) is 0 Å². The average molecular weight is 432 g/mol. The minimum absolute atomic E-state index is 0.0978. The molecule has 0 bridgehead atoms. The van der Waals surface area contributed by atoms with Crippen LogP contribution in [-0.4, -0.2) is 47.3 Å². The third kappa shape index (κ3) is 5.21. The van der Waals surface area contributed by atoms with E-state index >= 15 is 0 Å². The van der Waals surface area contributed by atoms with Crippen molar-refractivity contribution in [1.82, 2.24) is 19.9 Å². The second-order valence-electron chi connectivity index (χ2n) is 7.67. The number of carbonyl (C=O) groups excluding carboxylic acids is 1. The van der Waals surface area contributed by atoms with E-state index in [2.05, 4.69) is 15.5 Å². The molecule has 10 heteroatoms. The Balaban J connectivity index is 1.91. The van der Waals surface area contributed by atoms with Crippen LogP contribution >= 0.6 is 0 Å². The Morgan fingerprint density at radius 3 is 2.53 bits per heavy atom. The molecule has 3 rings (SSSR count). The van der Waals surface area contributed by atoms with Gasteiger partial charge >= 0.3 is 0 Å². The maximum Gasteiger partial charge on any atom is 0.240 e. The lowest BCUT2D eigenvalue weighted by Gasteiger charge is -2.23. The Kier molecular flexibility index (Phi) is 6.20. The van der Waals surface area contributed by atoms with Crippen LogP contribution in [0.5, 0.6) is 0 Å². The van der Waals surface area contributed by atoms with Crippen molar-refractivity contribution in [3.8, 4) is 0 Å². The van der Waals surface area contributed by atoms with E-state index in [1.165, 1.54) is 16.7 Å². The number of nitrogens with one attached hydrogen (secondary N) is 1. The van der Waals surface area contributed by atoms with Crippen LogP contribution in [0.3, 0.4) is 0 Å². The third-order valence-electron chi connectivity index (χ3n) is 4.43. The van der Waals surface area contributed by atoms with E-state index in [9.17, 15) is 13.2 Å². The van der Waals surface area contributed by atoms with Crippen LogP contribution in [0.25, 0.3) is 5.65 Å². The first-order valence-electron chi connectivity index (χ1n) is 9.32. The number of hydrogen-bond acceptors (Lipinski definition) is 7. The van der Waals surface area contributed by atoms with Gasteiger partial charge in [0.1, 0.15) is 6.04 Å². The molecule has 1 aromatic carbocycles. The molecule has 1 atom stereocenters. The quantitative estimate of drug-likeness (QED) is 0.549. The van der Waals surface area contributed by atoms with Crippen molar-refractivity contribution in [3.05, 3.63) is 60.0 Å². The molecule has 9 nitrogen and oxygen atoms in total. The number of benzene rings is 1. The van der Waals surface area contributed by atoms with Crippen molar-refractivity contribution >= 4 is 21.4 Å². The number of hydrogen-bond donors (Lipinski definition) is 2. The molecule has 0 spiro atoms. The number of aromatic nitrogens is 3. The third-order valence-corrected chi connectivity index (χ3v) is 5.53. The Morgan fingerprint density at radius 1 is 1.20 bits per heavy atom. The van der Waals surface area contributed by atoms with Crippen molar-refractivity contribution in [2.24, 2.45) is 5.73 Å². The lowest BCUT2D eigenvalue weighted by Crippen LogP contribution is -2.50. The molecule has 0 unspecified atom stereocenters. The molecule has 30 heavy (non-hydrogen) atoms. The van der Waals surface area contributed by atoms with Gasteiger partial charge in [-0.3, -0.25) is 9.20 Å². The Bertz CT molecular complexity index is 1140. The average Bonchev–Trinajstić information content (AvgIpc) is 3.09. The fourth-order valence-corrected chi connectivity index (χ4v) is 3.35. The summed E-state index contributed by atoms with van der Waals surface area (Å²) in [6, 6.07) is 11.9. The van der Waals surface area contributed by atoms with Gasteiger partial charge in [-0.1, -0.05) is 30.3 Å². The molecule has 3 N–H and O–H groups in total. The zero-order chi connectivity index (χ0) is 21.9. The van der Waals surface area contributed by atoms with E-state index in [-0.39, 0.29) is 11.5 Å². The number of amides is 1. The van der Waals surface area contributed by atoms with Gasteiger partial charge in [-0.15, -0.1) is 10.2 Å². The van der Waals surface area contributed by atoms with E-state index in [0.717, 1.165) is 11.8 Å². The fraction of sp³-hybridized carbons (Fsp3) is 0.350. The van der Waals surface area contributed by atoms with Gasteiger partial charge < -0.3 is 15.8 Å². The van der Waals surface area contributed by atoms with Gasteiger partial charge in [-0.2, -0.15) is 0 Å². The molecular weight excluding hydrogens is 406 g/mol. The van der Waals surface area contributed by atoms with Crippen molar-refractivity contribution in [1.29, 1.82) is 0 Å². The maximum atomic E-state index is 12.5. The Morgan fingerprint density at radius 2 is 1.90 bits per heavy atom. The maximum absolute atomic E-state index is 12.5. The SMILES string of the molecule is CC(C)(N)C(=O)N[C@H](COCc1ccccc1)c1nnc2ccc(S(C)(=O)=O)cn12. The molecule has 3 aromatic rings. The highest BCUT2D eigenvalue weighted by Crippen LogP contribution is 2.18. The predicted molar refractivity (Wildman–Crippen MR) is 111 cm³/mol. The lowest BCUT2D eigenvalue weighted by atomic mass is 10.1. The summed E-state index contributed by atoms with van der Waals surface area (Å²) in [6.07, 6.45) is 2.56. The van der Waals surface area contributed by atoms with Crippen LogP contribution in [0.2, 0.25) is 0 Å². The van der Waals surface area contributed by atoms with Gasteiger partial charge in [-0.25, -0.2) is 8.42 Å². The first-order chi connectivity index (χ1) is 14.1. The molecule has 0 saturated heterocycles. The highest BCUT2D eigenvalue weighted by molar-refractivity contribution is 7.90. The highest BCUT2D eigenvalue weighted by Gasteiger charge is 2.28. The van der Waals surface area contributed by atoms with Crippen molar-refractivity contribution in [2.45, 2.75) is 36.9 Å². The van der Waals surface area contributed by atoms with Crippen molar-refractivity contribution in [2.75, 3.05) is 12.9 Å². The molecule has 2 aromatic heterocycles. The van der Waals surface area contributed by atoms with Crippen LogP contribution in [-0.2, 0) is 26.0 Å². The van der Waals surface area contributed by atoms with Gasteiger partial charge in [0.25, 0.3) is 0 Å². The number of nitrogens with two attached hydrogens (primary N) is 1. The zero-order valence-corrected chi connectivity index (χ0v) is 17.9. The van der Waals surface area contributed by atoms with Gasteiger partial charge in [0.2, 0.25) is 5.91 Å². The molecule has 1 amide bonds. The minimum atomic E-state index is -3.43. The number of nitrogens with zero attached hydrogens (tertiary/aromatic N) is 3. The van der Waals surface area contributed by atoms with E-state index in [0.29, 0.717) is 18.1 Å². The van der Waals surface area contributed by atoms with Gasteiger partial charge in [0.05, 0.1) is 23.6 Å². The monoisotopic (exact) mass is 431 g/mol. The highest BCUT2D eigenvalue weighted by atomic mass is 32.2. The van der Waals surface area contributed by atoms with Crippen LogP contribution in [0, 0.1) is 0 Å². The van der Waals surface area contributed by atoms with Gasteiger partial charge in [0.15, 0.2) is 21.3 Å². The number of fused-ring (bicyclic) bond motifs is 1. The van der Waals surface area contributed by atoms with Crippen LogP contribution in [0.1, 0.15) is 31.3 Å². The largest absolute Gasteiger partial charge is 0.374 e. The topological polar surface area (TPSA) is 129 Å². The standard InChI is InChI=1S/C20H25N5O4S/c1-20(2,21)19(26)22-16(13-29-12-14-7-5-4-6-8-14)18-24-23-17-10-9-15(11-25(17)18)30(3,27)28/h4-11,16H,12-13,21H2,1-3H3,(H,22,26)/t16-/m1/s1.